The Hall–Kier alpha value is -0.113. The first-order valence-electron chi connectivity index (χ1n) is 6.29. The number of hydrogen-bond donors (Lipinski definition) is 0. The Morgan fingerprint density at radius 1 is 1.13 bits per heavy atom. The molecule has 0 spiro atoms. The first-order valence-corrected chi connectivity index (χ1v) is 9.37. The van der Waals surface area contributed by atoms with Crippen LogP contribution in [0.1, 0.15) is 52.9 Å². The molecule has 0 bridgehead atoms. The van der Waals surface area contributed by atoms with Gasteiger partial charge in [-0.25, -0.2) is 0 Å². The molecular formula is C13H26OSi. The zero-order valence-electron chi connectivity index (χ0n) is 11.0. The van der Waals surface area contributed by atoms with Crippen LogP contribution in [-0.4, -0.2) is 13.9 Å². The fraction of sp³-hybridized carbons (Fsp3) is 0.923. The van der Waals surface area contributed by atoms with Gasteiger partial charge in [0.05, 0.1) is 8.07 Å². The van der Waals surface area contributed by atoms with Crippen LogP contribution in [0.3, 0.4) is 0 Å². The number of carbonyl (C=O) groups is 1. The summed E-state index contributed by atoms with van der Waals surface area (Å²) in [5.74, 6) is 0.569. The summed E-state index contributed by atoms with van der Waals surface area (Å²) in [6.07, 6.45) is 5.66. The Morgan fingerprint density at radius 3 is 2.27 bits per heavy atom. The van der Waals surface area contributed by atoms with Crippen LogP contribution < -0.4 is 0 Å². The number of carbonyl (C=O) groups excluding carboxylic acids is 1. The van der Waals surface area contributed by atoms with Crippen LogP contribution in [0.15, 0.2) is 0 Å². The van der Waals surface area contributed by atoms with E-state index in [1.807, 2.05) is 0 Å². The summed E-state index contributed by atoms with van der Waals surface area (Å²) in [6.45, 7) is 11.8. The zero-order valence-corrected chi connectivity index (χ0v) is 12.0. The standard InChI is InChI=1S/C13H26OSi/c1-13(2,3)15(4,5)12-10-8-6-7-9-11(12)14/h12H,6-10H2,1-5H3/t12-/m1/s1. The highest BCUT2D eigenvalue weighted by Crippen LogP contribution is 2.47. The van der Waals surface area contributed by atoms with Crippen LogP contribution in [0.5, 0.6) is 0 Å². The average Bonchev–Trinajstić information content (AvgIpc) is 2.27. The molecule has 0 saturated heterocycles. The van der Waals surface area contributed by atoms with Gasteiger partial charge in [0.25, 0.3) is 0 Å². The van der Waals surface area contributed by atoms with E-state index in [-0.39, 0.29) is 0 Å². The maximum absolute atomic E-state index is 12.1. The Balaban J connectivity index is 2.88. The Morgan fingerprint density at radius 2 is 1.73 bits per heavy atom. The Bertz CT molecular complexity index is 237. The summed E-state index contributed by atoms with van der Waals surface area (Å²) in [5.41, 5.74) is 0.417. The fourth-order valence-corrected chi connectivity index (χ4v) is 5.37. The molecule has 1 aliphatic rings. The Labute approximate surface area is 95.7 Å². The molecule has 0 aromatic heterocycles. The highest BCUT2D eigenvalue weighted by atomic mass is 28.3. The van der Waals surface area contributed by atoms with Gasteiger partial charge in [-0.1, -0.05) is 46.7 Å². The van der Waals surface area contributed by atoms with E-state index in [0.717, 1.165) is 19.3 Å². The summed E-state index contributed by atoms with van der Waals surface area (Å²) < 4.78 is 0. The molecule has 1 rings (SSSR count). The summed E-state index contributed by atoms with van der Waals surface area (Å²) in [7, 11) is -1.45. The second-order valence-corrected chi connectivity index (χ2v) is 12.2. The lowest BCUT2D eigenvalue weighted by Crippen LogP contribution is -2.45. The lowest BCUT2D eigenvalue weighted by atomic mass is 10.2. The minimum absolute atomic E-state index is 0.345. The minimum Gasteiger partial charge on any atom is -0.300 e. The van der Waals surface area contributed by atoms with E-state index < -0.39 is 8.07 Å². The second kappa shape index (κ2) is 4.40. The molecule has 0 aromatic rings. The van der Waals surface area contributed by atoms with Crippen molar-refractivity contribution in [1.82, 2.24) is 0 Å². The van der Waals surface area contributed by atoms with E-state index in [1.54, 1.807) is 0 Å². The van der Waals surface area contributed by atoms with Crippen molar-refractivity contribution in [2.24, 2.45) is 0 Å². The van der Waals surface area contributed by atoms with E-state index >= 15 is 0 Å². The third-order valence-electron chi connectivity index (χ3n) is 4.61. The molecule has 0 unspecified atom stereocenters. The molecule has 2 heteroatoms. The van der Waals surface area contributed by atoms with E-state index in [1.165, 1.54) is 12.8 Å². The summed E-state index contributed by atoms with van der Waals surface area (Å²) in [5, 5.41) is 0.345. The smallest absolute Gasteiger partial charge is 0.133 e. The zero-order chi connectivity index (χ0) is 11.7. The van der Waals surface area contributed by atoms with Gasteiger partial charge in [0.1, 0.15) is 5.78 Å². The van der Waals surface area contributed by atoms with E-state index in [2.05, 4.69) is 33.9 Å². The molecule has 1 atom stereocenters. The molecule has 0 aromatic carbocycles. The number of rotatable bonds is 1. The van der Waals surface area contributed by atoms with Crippen molar-refractivity contribution in [3.63, 3.8) is 0 Å². The fourth-order valence-electron chi connectivity index (χ4n) is 2.45. The van der Waals surface area contributed by atoms with Gasteiger partial charge >= 0.3 is 0 Å². The van der Waals surface area contributed by atoms with Crippen LogP contribution in [0.25, 0.3) is 0 Å². The SMILES string of the molecule is CC(C)(C)[Si](C)(C)[C@@H]1CCCCCC1=O. The van der Waals surface area contributed by atoms with Crippen LogP contribution in [0.4, 0.5) is 0 Å². The quantitative estimate of drug-likeness (QED) is 0.478. The van der Waals surface area contributed by atoms with Gasteiger partial charge in [0.2, 0.25) is 0 Å². The molecule has 88 valence electrons. The first kappa shape index (κ1) is 13.0. The molecule has 0 N–H and O–H groups in total. The van der Waals surface area contributed by atoms with Crippen molar-refractivity contribution in [2.45, 2.75) is 76.5 Å². The van der Waals surface area contributed by atoms with Crippen LogP contribution >= 0.6 is 0 Å². The van der Waals surface area contributed by atoms with Gasteiger partial charge in [-0.3, -0.25) is 4.79 Å². The van der Waals surface area contributed by atoms with E-state index in [9.17, 15) is 4.79 Å². The van der Waals surface area contributed by atoms with Crippen LogP contribution in [0, 0.1) is 0 Å². The third kappa shape index (κ3) is 2.71. The van der Waals surface area contributed by atoms with E-state index in [4.69, 9.17) is 0 Å². The maximum atomic E-state index is 12.1. The summed E-state index contributed by atoms with van der Waals surface area (Å²) in [4.78, 5) is 12.1. The predicted molar refractivity (Wildman–Crippen MR) is 69.0 cm³/mol. The molecule has 0 heterocycles. The number of Topliss-reactive ketones (excluding diaryl/α,β-unsaturated/α-hetero) is 1. The van der Waals surface area contributed by atoms with Gasteiger partial charge in [0.15, 0.2) is 0 Å². The third-order valence-corrected chi connectivity index (χ3v) is 10.8. The van der Waals surface area contributed by atoms with Crippen molar-refractivity contribution < 1.29 is 4.79 Å². The summed E-state index contributed by atoms with van der Waals surface area (Å²) >= 11 is 0. The molecular weight excluding hydrogens is 200 g/mol. The minimum atomic E-state index is -1.45. The molecule has 0 amide bonds. The van der Waals surface area contributed by atoms with Crippen LogP contribution in [-0.2, 0) is 4.79 Å². The van der Waals surface area contributed by atoms with Crippen molar-refractivity contribution in [3.8, 4) is 0 Å². The van der Waals surface area contributed by atoms with Gasteiger partial charge in [-0.2, -0.15) is 0 Å². The van der Waals surface area contributed by atoms with Crippen molar-refractivity contribution in [2.75, 3.05) is 0 Å². The number of ketones is 1. The molecule has 0 radical (unpaired) electrons. The van der Waals surface area contributed by atoms with Crippen LogP contribution in [0.2, 0.25) is 23.7 Å². The largest absolute Gasteiger partial charge is 0.300 e. The molecule has 0 aliphatic heterocycles. The lowest BCUT2D eigenvalue weighted by molar-refractivity contribution is -0.119. The highest BCUT2D eigenvalue weighted by Gasteiger charge is 2.44. The molecule has 1 saturated carbocycles. The lowest BCUT2D eigenvalue weighted by Gasteiger charge is -2.42. The molecule has 1 nitrogen and oxygen atoms in total. The highest BCUT2D eigenvalue weighted by molar-refractivity contribution is 6.84. The van der Waals surface area contributed by atoms with Gasteiger partial charge < -0.3 is 0 Å². The average molecular weight is 226 g/mol. The molecule has 15 heavy (non-hydrogen) atoms. The molecule has 1 fully saturated rings. The second-order valence-electron chi connectivity index (χ2n) is 6.59. The summed E-state index contributed by atoms with van der Waals surface area (Å²) in [6, 6.07) is 0. The first-order chi connectivity index (χ1) is 6.77. The number of hydrogen-bond acceptors (Lipinski definition) is 1. The van der Waals surface area contributed by atoms with Gasteiger partial charge in [-0.05, 0) is 17.9 Å². The van der Waals surface area contributed by atoms with Gasteiger partial charge in [0, 0.05) is 12.0 Å². The monoisotopic (exact) mass is 226 g/mol. The van der Waals surface area contributed by atoms with Crippen molar-refractivity contribution >= 4 is 13.9 Å². The maximum Gasteiger partial charge on any atom is 0.133 e. The predicted octanol–water partition coefficient (Wildman–Crippen LogP) is 4.40. The van der Waals surface area contributed by atoms with Gasteiger partial charge in [-0.15, -0.1) is 0 Å². The van der Waals surface area contributed by atoms with E-state index in [0.29, 0.717) is 16.4 Å². The topological polar surface area (TPSA) is 17.1 Å². The normalized spacial score (nSPS) is 25.1. The van der Waals surface area contributed by atoms with Crippen molar-refractivity contribution in [1.29, 1.82) is 0 Å². The Kier molecular flexibility index (Phi) is 3.80. The molecule has 1 aliphatic carbocycles. The van der Waals surface area contributed by atoms with Crippen molar-refractivity contribution in [3.05, 3.63) is 0 Å².